The topological polar surface area (TPSA) is 184 Å². The Morgan fingerprint density at radius 2 is 1.97 bits per heavy atom. The molecule has 1 unspecified atom stereocenters. The van der Waals surface area contributed by atoms with Crippen molar-refractivity contribution in [2.75, 3.05) is 38.7 Å². The minimum absolute atomic E-state index is 0.00768. The fourth-order valence-corrected chi connectivity index (χ4v) is 4.57. The van der Waals surface area contributed by atoms with Gasteiger partial charge in [-0.3, -0.25) is 9.05 Å². The molecule has 0 aliphatic carbocycles. The first-order valence-electron chi connectivity index (χ1n) is 12.3. The highest BCUT2D eigenvalue weighted by molar-refractivity contribution is 7.47. The van der Waals surface area contributed by atoms with Crippen LogP contribution in [0.3, 0.4) is 0 Å². The fourth-order valence-electron chi connectivity index (χ4n) is 3.61. The van der Waals surface area contributed by atoms with Gasteiger partial charge in [0.05, 0.1) is 37.8 Å². The zero-order valence-corrected chi connectivity index (χ0v) is 23.1. The Kier molecular flexibility index (Phi) is 11.1. The molecule has 0 radical (unpaired) electrons. The van der Waals surface area contributed by atoms with Crippen molar-refractivity contribution in [3.8, 4) is 17.5 Å². The summed E-state index contributed by atoms with van der Waals surface area (Å²) in [6.45, 7) is 6.09. The molecule has 2 aromatic heterocycles. The van der Waals surface area contributed by atoms with Gasteiger partial charge in [-0.15, -0.1) is 5.06 Å². The monoisotopic (exact) mass is 571 g/mol. The third-order valence-corrected chi connectivity index (χ3v) is 6.51. The van der Waals surface area contributed by atoms with Crippen LogP contribution in [0.2, 0.25) is 0 Å². The van der Waals surface area contributed by atoms with Gasteiger partial charge in [0.25, 0.3) is 5.88 Å². The molecule has 0 amide bonds. The average molecular weight is 572 g/mol. The number of pyridine rings is 1. The molecule has 0 bridgehead atoms. The number of hydrogen-bond acceptors (Lipinski definition) is 13. The third kappa shape index (κ3) is 9.79. The summed E-state index contributed by atoms with van der Waals surface area (Å²) in [5, 5.41) is 13.3. The molecular formula is C23H34N5O10P. The number of phosphoric ester groups is 1. The minimum atomic E-state index is -4.07. The Bertz CT molecular complexity index is 1150. The minimum Gasteiger partial charge on any atom is -0.489 e. The summed E-state index contributed by atoms with van der Waals surface area (Å²) < 4.78 is 38.6. The maximum Gasteiger partial charge on any atom is 0.525 e. The molecule has 15 nitrogen and oxygen atoms in total. The number of nitrogens with zero attached hydrogens (tertiary/aromatic N) is 4. The number of piperidine rings is 1. The van der Waals surface area contributed by atoms with E-state index in [0.29, 0.717) is 61.2 Å². The van der Waals surface area contributed by atoms with Crippen LogP contribution in [0.4, 0.5) is 16.3 Å². The second-order valence-electron chi connectivity index (χ2n) is 8.73. The van der Waals surface area contributed by atoms with E-state index in [9.17, 15) is 14.3 Å². The lowest BCUT2D eigenvalue weighted by atomic mass is 10.1. The Balaban J connectivity index is 1.54. The SMILES string of the molecule is COc1c(Nc2ccc(OCCCOP(=O)(O)OC(C)C)nc2C)ncnc1OC1CCN(OC(=O)O)CC1. The van der Waals surface area contributed by atoms with Crippen LogP contribution in [-0.2, 0) is 18.5 Å². The maximum absolute atomic E-state index is 11.7. The fraction of sp³-hybridized carbons (Fsp3) is 0.565. The highest BCUT2D eigenvalue weighted by Crippen LogP contribution is 2.44. The molecule has 3 N–H and O–H groups in total. The number of hydroxylamine groups is 2. The number of rotatable bonds is 14. The first-order valence-corrected chi connectivity index (χ1v) is 13.8. The van der Waals surface area contributed by atoms with Crippen molar-refractivity contribution in [1.29, 1.82) is 0 Å². The molecule has 1 saturated heterocycles. The van der Waals surface area contributed by atoms with E-state index in [1.165, 1.54) is 18.5 Å². The van der Waals surface area contributed by atoms with Gasteiger partial charge in [0.1, 0.15) is 12.4 Å². The molecule has 0 spiro atoms. The van der Waals surface area contributed by atoms with Gasteiger partial charge in [-0.05, 0) is 26.8 Å². The van der Waals surface area contributed by atoms with E-state index < -0.39 is 20.1 Å². The van der Waals surface area contributed by atoms with Crippen LogP contribution < -0.4 is 19.5 Å². The second-order valence-corrected chi connectivity index (χ2v) is 10.1. The van der Waals surface area contributed by atoms with Crippen molar-refractivity contribution < 1.29 is 47.5 Å². The van der Waals surface area contributed by atoms with Crippen molar-refractivity contribution >= 4 is 25.5 Å². The van der Waals surface area contributed by atoms with Gasteiger partial charge < -0.3 is 34.4 Å². The standard InChI is InChI=1S/C23H34N5O10P/c1-15(2)38-39(31,32)35-13-5-12-34-19-7-6-18(16(3)26-19)27-21-20(33-4)22(25-14-24-21)36-17-8-10-28(11-9-17)37-23(29)30/h6-7,14-15,17H,5,8-13H2,1-4H3,(H,29,30)(H,31,32)(H,24,25,27). The molecule has 1 aliphatic heterocycles. The molecule has 1 fully saturated rings. The lowest BCUT2D eigenvalue weighted by Gasteiger charge is -2.29. The van der Waals surface area contributed by atoms with Gasteiger partial charge in [0.2, 0.25) is 11.6 Å². The molecule has 2 aromatic rings. The first-order chi connectivity index (χ1) is 18.6. The highest BCUT2D eigenvalue weighted by Gasteiger charge is 2.26. The average Bonchev–Trinajstić information content (AvgIpc) is 2.85. The number of anilines is 2. The van der Waals surface area contributed by atoms with Crippen molar-refractivity contribution in [3.05, 3.63) is 24.2 Å². The smallest absolute Gasteiger partial charge is 0.489 e. The molecular weight excluding hydrogens is 537 g/mol. The molecule has 39 heavy (non-hydrogen) atoms. The van der Waals surface area contributed by atoms with Crippen molar-refractivity contribution in [2.24, 2.45) is 0 Å². The number of carbonyl (C=O) groups is 1. The Hall–Kier alpha value is -3.23. The van der Waals surface area contributed by atoms with Gasteiger partial charge in [-0.1, -0.05) is 0 Å². The Morgan fingerprint density at radius 1 is 1.23 bits per heavy atom. The predicted octanol–water partition coefficient (Wildman–Crippen LogP) is 3.70. The van der Waals surface area contributed by atoms with Crippen molar-refractivity contribution in [3.63, 3.8) is 0 Å². The molecule has 1 aliphatic rings. The van der Waals surface area contributed by atoms with Gasteiger partial charge in [0, 0.05) is 38.4 Å². The summed E-state index contributed by atoms with van der Waals surface area (Å²) in [6.07, 6.45) is 0.832. The third-order valence-electron chi connectivity index (χ3n) is 5.31. The van der Waals surface area contributed by atoms with E-state index in [0.717, 1.165) is 0 Å². The van der Waals surface area contributed by atoms with E-state index in [4.69, 9.17) is 28.4 Å². The van der Waals surface area contributed by atoms with E-state index >= 15 is 0 Å². The van der Waals surface area contributed by atoms with E-state index in [-0.39, 0.29) is 25.2 Å². The zero-order valence-electron chi connectivity index (χ0n) is 22.2. The number of carboxylic acid groups (broad SMARTS) is 1. The van der Waals surface area contributed by atoms with Crippen molar-refractivity contribution in [2.45, 2.75) is 52.2 Å². The molecule has 3 rings (SSSR count). The molecule has 3 heterocycles. The van der Waals surface area contributed by atoms with Gasteiger partial charge in [-0.2, -0.15) is 4.98 Å². The van der Waals surface area contributed by atoms with E-state index in [1.54, 1.807) is 32.9 Å². The second kappa shape index (κ2) is 14.2. The lowest BCUT2D eigenvalue weighted by Crippen LogP contribution is -2.39. The Morgan fingerprint density at radius 3 is 2.62 bits per heavy atom. The number of methoxy groups -OCH3 is 1. The number of aromatic nitrogens is 3. The van der Waals surface area contributed by atoms with Crippen LogP contribution in [0.25, 0.3) is 0 Å². The molecule has 0 aromatic carbocycles. The molecule has 216 valence electrons. The maximum atomic E-state index is 11.7. The normalized spacial score (nSPS) is 15.9. The number of hydrogen-bond donors (Lipinski definition) is 3. The van der Waals surface area contributed by atoms with Gasteiger partial charge >= 0.3 is 14.0 Å². The van der Waals surface area contributed by atoms with Crippen LogP contribution in [0.15, 0.2) is 18.5 Å². The van der Waals surface area contributed by atoms with E-state index in [1.807, 2.05) is 0 Å². The Labute approximate surface area is 225 Å². The van der Waals surface area contributed by atoms with Crippen LogP contribution in [-0.4, -0.2) is 81.8 Å². The summed E-state index contributed by atoms with van der Waals surface area (Å²) in [5.41, 5.74) is 1.28. The highest BCUT2D eigenvalue weighted by atomic mass is 31.2. The van der Waals surface area contributed by atoms with Gasteiger partial charge in [0.15, 0.2) is 5.82 Å². The van der Waals surface area contributed by atoms with Crippen LogP contribution in [0.5, 0.6) is 17.5 Å². The number of nitrogens with one attached hydrogen (secondary N) is 1. The van der Waals surface area contributed by atoms with Crippen LogP contribution >= 0.6 is 7.82 Å². The first kappa shape index (κ1) is 30.3. The van der Waals surface area contributed by atoms with Crippen LogP contribution in [0, 0.1) is 6.92 Å². The quantitative estimate of drug-likeness (QED) is 0.220. The lowest BCUT2D eigenvalue weighted by molar-refractivity contribution is -0.140. The largest absolute Gasteiger partial charge is 0.525 e. The van der Waals surface area contributed by atoms with Crippen LogP contribution in [0.1, 0.15) is 38.8 Å². The zero-order chi connectivity index (χ0) is 28.4. The van der Waals surface area contributed by atoms with Crippen molar-refractivity contribution in [1.82, 2.24) is 20.0 Å². The molecule has 0 saturated carbocycles. The molecule has 1 atom stereocenters. The van der Waals surface area contributed by atoms with E-state index in [2.05, 4.69) is 25.1 Å². The summed E-state index contributed by atoms with van der Waals surface area (Å²) >= 11 is 0. The number of phosphoric acid groups is 1. The molecule has 16 heteroatoms. The predicted molar refractivity (Wildman–Crippen MR) is 137 cm³/mol. The summed E-state index contributed by atoms with van der Waals surface area (Å²) in [7, 11) is -2.59. The number of ether oxygens (including phenoxy) is 3. The summed E-state index contributed by atoms with van der Waals surface area (Å²) in [5.74, 6) is 1.32. The van der Waals surface area contributed by atoms with Gasteiger partial charge in [-0.25, -0.2) is 19.3 Å². The number of aryl methyl sites for hydroxylation is 1. The summed E-state index contributed by atoms with van der Waals surface area (Å²) in [4.78, 5) is 37.9. The summed E-state index contributed by atoms with van der Waals surface area (Å²) in [6, 6.07) is 3.44.